The van der Waals surface area contributed by atoms with Gasteiger partial charge >= 0.3 is 0 Å². The van der Waals surface area contributed by atoms with Crippen molar-refractivity contribution in [3.8, 4) is 5.75 Å². The van der Waals surface area contributed by atoms with Crippen LogP contribution in [0.1, 0.15) is 25.3 Å². The van der Waals surface area contributed by atoms with Crippen molar-refractivity contribution < 1.29 is 4.74 Å². The molecule has 0 unspecified atom stereocenters. The molecule has 0 spiro atoms. The van der Waals surface area contributed by atoms with Crippen LogP contribution in [0.2, 0.25) is 0 Å². The van der Waals surface area contributed by atoms with Crippen LogP contribution < -0.4 is 10.5 Å². The van der Waals surface area contributed by atoms with Crippen molar-refractivity contribution in [3.05, 3.63) is 23.8 Å². The average molecular weight is 234 g/mol. The second-order valence-corrected chi connectivity index (χ2v) is 4.92. The lowest BCUT2D eigenvalue weighted by Gasteiger charge is -2.39. The molecule has 0 aromatic heterocycles. The molecule has 0 aliphatic carbocycles. The summed E-state index contributed by atoms with van der Waals surface area (Å²) in [5.41, 5.74) is 7.83. The number of ether oxygens (including phenoxy) is 1. The van der Waals surface area contributed by atoms with Gasteiger partial charge in [0, 0.05) is 30.9 Å². The summed E-state index contributed by atoms with van der Waals surface area (Å²) in [6.45, 7) is 5.63. The summed E-state index contributed by atoms with van der Waals surface area (Å²) in [6, 6.07) is 5.86. The van der Waals surface area contributed by atoms with Crippen molar-refractivity contribution in [2.75, 3.05) is 25.9 Å². The molecule has 1 saturated heterocycles. The van der Waals surface area contributed by atoms with Crippen molar-refractivity contribution in [3.63, 3.8) is 0 Å². The van der Waals surface area contributed by atoms with Crippen molar-refractivity contribution in [1.82, 2.24) is 4.90 Å². The van der Waals surface area contributed by atoms with Crippen LogP contribution >= 0.6 is 0 Å². The number of likely N-dealkylation sites (tertiary alicyclic amines) is 1. The normalized spacial score (nSPS) is 16.8. The fraction of sp³-hybridized carbons (Fsp3) is 0.571. The van der Waals surface area contributed by atoms with Crippen LogP contribution in [0.25, 0.3) is 0 Å². The third kappa shape index (κ3) is 2.91. The number of hydrogen-bond donors (Lipinski definition) is 1. The van der Waals surface area contributed by atoms with Crippen molar-refractivity contribution in [1.29, 1.82) is 0 Å². The minimum absolute atomic E-state index is 0.812. The number of hydrogen-bond acceptors (Lipinski definition) is 3. The van der Waals surface area contributed by atoms with Gasteiger partial charge in [0.25, 0.3) is 0 Å². The maximum Gasteiger partial charge on any atom is 0.123 e. The summed E-state index contributed by atoms with van der Waals surface area (Å²) in [4.78, 5) is 2.46. The first-order valence-corrected chi connectivity index (χ1v) is 6.37. The molecule has 2 N–H and O–H groups in total. The number of nitrogens with zero attached hydrogens (tertiary/aromatic N) is 1. The van der Waals surface area contributed by atoms with Crippen LogP contribution in [0.3, 0.4) is 0 Å². The first-order chi connectivity index (χ1) is 8.22. The van der Waals surface area contributed by atoms with Gasteiger partial charge in [-0.2, -0.15) is 0 Å². The second-order valence-electron chi connectivity index (χ2n) is 4.92. The predicted octanol–water partition coefficient (Wildman–Crippen LogP) is 2.51. The third-order valence-electron chi connectivity index (χ3n) is 3.43. The van der Waals surface area contributed by atoms with Crippen molar-refractivity contribution in [2.24, 2.45) is 5.92 Å². The summed E-state index contributed by atoms with van der Waals surface area (Å²) in [7, 11) is 1.71. The van der Waals surface area contributed by atoms with E-state index in [9.17, 15) is 0 Å². The molecule has 1 heterocycles. The van der Waals surface area contributed by atoms with E-state index in [4.69, 9.17) is 10.5 Å². The lowest BCUT2D eigenvalue weighted by atomic mass is 9.94. The van der Waals surface area contributed by atoms with Crippen LogP contribution in [0.15, 0.2) is 18.2 Å². The molecule has 1 aromatic rings. The van der Waals surface area contributed by atoms with Gasteiger partial charge in [0.15, 0.2) is 0 Å². The predicted molar refractivity (Wildman–Crippen MR) is 71.1 cm³/mol. The molecule has 3 nitrogen and oxygen atoms in total. The van der Waals surface area contributed by atoms with E-state index in [0.717, 1.165) is 23.9 Å². The van der Waals surface area contributed by atoms with Gasteiger partial charge in [-0.25, -0.2) is 0 Å². The standard InChI is InChI=1S/C14H22N2O/c1-3-4-11-8-16(9-11)10-12-7-13(15)5-6-14(12)17-2/h5-7,11H,3-4,8-10,15H2,1-2H3. The number of anilines is 1. The van der Waals surface area contributed by atoms with E-state index in [2.05, 4.69) is 11.8 Å². The Morgan fingerprint density at radius 1 is 1.41 bits per heavy atom. The summed E-state index contributed by atoms with van der Waals surface area (Å²) in [6.07, 6.45) is 2.64. The van der Waals surface area contributed by atoms with Gasteiger partial charge in [-0.15, -0.1) is 0 Å². The Morgan fingerprint density at radius 3 is 2.82 bits per heavy atom. The molecule has 1 fully saturated rings. The zero-order valence-corrected chi connectivity index (χ0v) is 10.8. The average Bonchev–Trinajstić information content (AvgIpc) is 2.26. The zero-order chi connectivity index (χ0) is 12.3. The third-order valence-corrected chi connectivity index (χ3v) is 3.43. The molecule has 0 amide bonds. The molecule has 0 atom stereocenters. The highest BCUT2D eigenvalue weighted by Crippen LogP contribution is 2.27. The van der Waals surface area contributed by atoms with Crippen molar-refractivity contribution in [2.45, 2.75) is 26.3 Å². The monoisotopic (exact) mass is 234 g/mol. The van der Waals surface area contributed by atoms with E-state index < -0.39 is 0 Å². The number of methoxy groups -OCH3 is 1. The highest BCUT2D eigenvalue weighted by molar-refractivity contribution is 5.47. The SMILES string of the molecule is CCCC1CN(Cc2cc(N)ccc2OC)C1. The van der Waals surface area contributed by atoms with Gasteiger partial charge < -0.3 is 10.5 Å². The number of nitrogens with two attached hydrogens (primary N) is 1. The Hall–Kier alpha value is -1.22. The van der Waals surface area contributed by atoms with Crippen LogP contribution in [-0.4, -0.2) is 25.1 Å². The second kappa shape index (κ2) is 5.41. The molecular formula is C14H22N2O. The molecule has 1 aromatic carbocycles. The lowest BCUT2D eigenvalue weighted by Crippen LogP contribution is -2.45. The van der Waals surface area contributed by atoms with Gasteiger partial charge in [0.1, 0.15) is 5.75 Å². The Balaban J connectivity index is 1.93. The maximum atomic E-state index is 5.82. The van der Waals surface area contributed by atoms with Crippen LogP contribution in [0.5, 0.6) is 5.75 Å². The number of nitrogen functional groups attached to an aromatic ring is 1. The summed E-state index contributed by atoms with van der Waals surface area (Å²) in [5, 5.41) is 0. The van der Waals surface area contributed by atoms with E-state index in [1.165, 1.54) is 31.5 Å². The quantitative estimate of drug-likeness (QED) is 0.796. The topological polar surface area (TPSA) is 38.5 Å². The van der Waals surface area contributed by atoms with E-state index >= 15 is 0 Å². The van der Waals surface area contributed by atoms with Gasteiger partial charge in [0.2, 0.25) is 0 Å². The lowest BCUT2D eigenvalue weighted by molar-refractivity contribution is 0.0851. The van der Waals surface area contributed by atoms with E-state index in [1.807, 2.05) is 18.2 Å². The first kappa shape index (κ1) is 12.2. The first-order valence-electron chi connectivity index (χ1n) is 6.37. The summed E-state index contributed by atoms with van der Waals surface area (Å²) in [5.74, 6) is 1.84. The zero-order valence-electron chi connectivity index (χ0n) is 10.8. The van der Waals surface area contributed by atoms with Gasteiger partial charge in [0.05, 0.1) is 7.11 Å². The van der Waals surface area contributed by atoms with E-state index in [0.29, 0.717) is 0 Å². The highest BCUT2D eigenvalue weighted by atomic mass is 16.5. The smallest absolute Gasteiger partial charge is 0.123 e. The molecular weight excluding hydrogens is 212 g/mol. The molecule has 2 rings (SSSR count). The minimum atomic E-state index is 0.812. The molecule has 0 saturated carbocycles. The number of rotatable bonds is 5. The molecule has 17 heavy (non-hydrogen) atoms. The molecule has 3 heteroatoms. The Morgan fingerprint density at radius 2 is 2.18 bits per heavy atom. The van der Waals surface area contributed by atoms with E-state index in [1.54, 1.807) is 7.11 Å². The fourth-order valence-corrected chi connectivity index (χ4v) is 2.56. The maximum absolute atomic E-state index is 5.82. The molecule has 0 bridgehead atoms. The molecule has 94 valence electrons. The number of benzene rings is 1. The Kier molecular flexibility index (Phi) is 3.89. The van der Waals surface area contributed by atoms with Crippen molar-refractivity contribution >= 4 is 5.69 Å². The molecule has 0 radical (unpaired) electrons. The Bertz CT molecular complexity index is 372. The summed E-state index contributed by atoms with van der Waals surface area (Å²) >= 11 is 0. The molecule has 1 aliphatic heterocycles. The largest absolute Gasteiger partial charge is 0.496 e. The minimum Gasteiger partial charge on any atom is -0.496 e. The van der Waals surface area contributed by atoms with Crippen LogP contribution in [0.4, 0.5) is 5.69 Å². The van der Waals surface area contributed by atoms with E-state index in [-0.39, 0.29) is 0 Å². The van der Waals surface area contributed by atoms with Crippen LogP contribution in [0, 0.1) is 5.92 Å². The van der Waals surface area contributed by atoms with Crippen LogP contribution in [-0.2, 0) is 6.54 Å². The molecule has 1 aliphatic rings. The fourth-order valence-electron chi connectivity index (χ4n) is 2.56. The summed E-state index contributed by atoms with van der Waals surface area (Å²) < 4.78 is 5.36. The Labute approximate surface area is 104 Å². The van der Waals surface area contributed by atoms with Gasteiger partial charge in [-0.3, -0.25) is 4.90 Å². The van der Waals surface area contributed by atoms with Gasteiger partial charge in [-0.1, -0.05) is 13.3 Å². The highest BCUT2D eigenvalue weighted by Gasteiger charge is 2.26. The van der Waals surface area contributed by atoms with Gasteiger partial charge in [-0.05, 0) is 30.5 Å².